The molecule has 19 heavy (non-hydrogen) atoms. The summed E-state index contributed by atoms with van der Waals surface area (Å²) in [4.78, 5) is 2.38. The van der Waals surface area contributed by atoms with E-state index >= 15 is 0 Å². The molecule has 0 saturated carbocycles. The molecule has 2 aromatic rings. The number of furan rings is 1. The van der Waals surface area contributed by atoms with Crippen LogP contribution in [0.2, 0.25) is 5.22 Å². The number of fused-ring (bicyclic) bond motifs is 1. The van der Waals surface area contributed by atoms with Crippen molar-refractivity contribution in [1.82, 2.24) is 10.2 Å². The van der Waals surface area contributed by atoms with Gasteiger partial charge in [0.1, 0.15) is 5.58 Å². The maximum atomic E-state index is 6.17. The number of nitrogens with one attached hydrogen (secondary N) is 1. The number of rotatable bonds is 4. The summed E-state index contributed by atoms with van der Waals surface area (Å²) in [5.74, 6) is 0.752. The predicted molar refractivity (Wildman–Crippen MR) is 78.5 cm³/mol. The van der Waals surface area contributed by atoms with Crippen LogP contribution in [0.1, 0.15) is 12.0 Å². The number of nitrogens with zero attached hydrogens (tertiary/aromatic N) is 1. The van der Waals surface area contributed by atoms with Crippen LogP contribution in [0.5, 0.6) is 0 Å². The van der Waals surface area contributed by atoms with E-state index in [2.05, 4.69) is 23.3 Å². The molecule has 1 unspecified atom stereocenters. The maximum absolute atomic E-state index is 6.17. The Labute approximate surface area is 118 Å². The highest BCUT2D eigenvalue weighted by Gasteiger charge is 2.19. The number of likely N-dealkylation sites (tertiary alicyclic amines) is 1. The topological polar surface area (TPSA) is 28.4 Å². The minimum absolute atomic E-state index is 0.511. The Bertz CT molecular complexity index is 566. The lowest BCUT2D eigenvalue weighted by molar-refractivity contribution is 0.388. The second-order valence-corrected chi connectivity index (χ2v) is 5.74. The standard InChI is InChI=1S/C15H19ClN2O/c1-18-7-6-11(10-18)8-17-9-13-12-4-2-3-5-14(12)19-15(13)16/h2-5,11,17H,6-10H2,1H3. The minimum Gasteiger partial charge on any atom is -0.444 e. The van der Waals surface area contributed by atoms with Gasteiger partial charge in [-0.15, -0.1) is 0 Å². The second-order valence-electron chi connectivity index (χ2n) is 5.40. The average molecular weight is 279 g/mol. The van der Waals surface area contributed by atoms with Gasteiger partial charge in [-0.1, -0.05) is 18.2 Å². The molecule has 0 bridgehead atoms. The molecule has 0 spiro atoms. The molecule has 0 amide bonds. The van der Waals surface area contributed by atoms with Crippen molar-refractivity contribution in [1.29, 1.82) is 0 Å². The van der Waals surface area contributed by atoms with Gasteiger partial charge in [0, 0.05) is 24.0 Å². The van der Waals surface area contributed by atoms with Crippen LogP contribution in [0.4, 0.5) is 0 Å². The van der Waals surface area contributed by atoms with Gasteiger partial charge in [0.05, 0.1) is 0 Å². The number of halogens is 1. The van der Waals surface area contributed by atoms with Gasteiger partial charge in [-0.2, -0.15) is 0 Å². The van der Waals surface area contributed by atoms with Crippen LogP contribution in [0.25, 0.3) is 11.0 Å². The van der Waals surface area contributed by atoms with Crippen molar-refractivity contribution in [2.24, 2.45) is 5.92 Å². The zero-order chi connectivity index (χ0) is 13.2. The van der Waals surface area contributed by atoms with Crippen molar-refractivity contribution in [3.8, 4) is 0 Å². The maximum Gasteiger partial charge on any atom is 0.199 e. The smallest absolute Gasteiger partial charge is 0.199 e. The molecule has 4 heteroatoms. The Morgan fingerprint density at radius 3 is 3.05 bits per heavy atom. The first-order chi connectivity index (χ1) is 9.24. The number of para-hydroxylation sites is 1. The first-order valence-corrected chi connectivity index (χ1v) is 7.17. The van der Waals surface area contributed by atoms with Crippen molar-refractivity contribution in [3.63, 3.8) is 0 Å². The van der Waals surface area contributed by atoms with Crippen LogP contribution in [0.15, 0.2) is 28.7 Å². The van der Waals surface area contributed by atoms with Gasteiger partial charge in [0.25, 0.3) is 0 Å². The SMILES string of the molecule is CN1CCC(CNCc2c(Cl)oc3ccccc23)C1. The molecule has 3 rings (SSSR count). The summed E-state index contributed by atoms with van der Waals surface area (Å²) < 4.78 is 5.56. The summed E-state index contributed by atoms with van der Waals surface area (Å²) in [6.07, 6.45) is 1.28. The third-order valence-corrected chi connectivity index (χ3v) is 4.18. The number of hydrogen-bond acceptors (Lipinski definition) is 3. The summed E-state index contributed by atoms with van der Waals surface area (Å²) in [5.41, 5.74) is 1.94. The van der Waals surface area contributed by atoms with E-state index in [0.717, 1.165) is 35.5 Å². The first-order valence-electron chi connectivity index (χ1n) is 6.79. The molecular formula is C15H19ClN2O. The fourth-order valence-corrected chi connectivity index (χ4v) is 3.08. The van der Waals surface area contributed by atoms with E-state index in [-0.39, 0.29) is 0 Å². The fraction of sp³-hybridized carbons (Fsp3) is 0.467. The lowest BCUT2D eigenvalue weighted by Crippen LogP contribution is -2.24. The fourth-order valence-electron chi connectivity index (χ4n) is 2.83. The van der Waals surface area contributed by atoms with Gasteiger partial charge in [-0.05, 0) is 50.1 Å². The van der Waals surface area contributed by atoms with E-state index in [0.29, 0.717) is 5.22 Å². The molecule has 1 fully saturated rings. The molecule has 102 valence electrons. The lowest BCUT2D eigenvalue weighted by Gasteiger charge is -2.11. The van der Waals surface area contributed by atoms with Gasteiger partial charge in [-0.3, -0.25) is 0 Å². The minimum atomic E-state index is 0.511. The molecular weight excluding hydrogens is 260 g/mol. The summed E-state index contributed by atoms with van der Waals surface area (Å²) in [6, 6.07) is 8.00. The zero-order valence-corrected chi connectivity index (χ0v) is 11.9. The highest BCUT2D eigenvalue weighted by atomic mass is 35.5. The van der Waals surface area contributed by atoms with Crippen molar-refractivity contribution < 1.29 is 4.42 Å². The highest BCUT2D eigenvalue weighted by molar-refractivity contribution is 6.30. The Balaban J connectivity index is 1.63. The average Bonchev–Trinajstić information content (AvgIpc) is 2.94. The molecule has 1 aromatic heterocycles. The van der Waals surface area contributed by atoms with Crippen molar-refractivity contribution in [2.45, 2.75) is 13.0 Å². The molecule has 1 saturated heterocycles. The van der Waals surface area contributed by atoms with E-state index in [1.165, 1.54) is 19.5 Å². The van der Waals surface area contributed by atoms with Crippen LogP contribution in [-0.4, -0.2) is 31.6 Å². The summed E-state index contributed by atoms with van der Waals surface area (Å²) in [5, 5.41) is 5.14. The molecule has 1 atom stereocenters. The molecule has 2 heterocycles. The third-order valence-electron chi connectivity index (χ3n) is 3.87. The van der Waals surface area contributed by atoms with E-state index < -0.39 is 0 Å². The quantitative estimate of drug-likeness (QED) is 0.931. The predicted octanol–water partition coefficient (Wildman–Crippen LogP) is 3.13. The summed E-state index contributed by atoms with van der Waals surface area (Å²) >= 11 is 6.17. The van der Waals surface area contributed by atoms with E-state index in [1.807, 2.05) is 18.2 Å². The van der Waals surface area contributed by atoms with Crippen LogP contribution in [-0.2, 0) is 6.54 Å². The van der Waals surface area contributed by atoms with Gasteiger partial charge in [0.15, 0.2) is 5.22 Å². The molecule has 3 nitrogen and oxygen atoms in total. The summed E-state index contributed by atoms with van der Waals surface area (Å²) in [7, 11) is 2.18. The monoisotopic (exact) mass is 278 g/mol. The largest absolute Gasteiger partial charge is 0.444 e. The van der Waals surface area contributed by atoms with Crippen molar-refractivity contribution >= 4 is 22.6 Å². The van der Waals surface area contributed by atoms with Crippen LogP contribution < -0.4 is 5.32 Å². The second kappa shape index (κ2) is 5.53. The molecule has 1 aliphatic rings. The molecule has 1 N–H and O–H groups in total. The van der Waals surface area contributed by atoms with E-state index in [9.17, 15) is 0 Å². The first kappa shape index (κ1) is 13.0. The van der Waals surface area contributed by atoms with Crippen LogP contribution in [0, 0.1) is 5.92 Å². The Kier molecular flexibility index (Phi) is 3.78. The molecule has 1 aromatic carbocycles. The van der Waals surface area contributed by atoms with Crippen molar-refractivity contribution in [3.05, 3.63) is 35.0 Å². The molecule has 0 aliphatic carbocycles. The number of benzene rings is 1. The third kappa shape index (κ3) is 2.78. The molecule has 1 aliphatic heterocycles. The van der Waals surface area contributed by atoms with Gasteiger partial charge < -0.3 is 14.6 Å². The molecule has 0 radical (unpaired) electrons. The van der Waals surface area contributed by atoms with Gasteiger partial charge in [-0.25, -0.2) is 0 Å². The van der Waals surface area contributed by atoms with Gasteiger partial charge >= 0.3 is 0 Å². The number of hydrogen-bond donors (Lipinski definition) is 1. The van der Waals surface area contributed by atoms with Crippen molar-refractivity contribution in [2.75, 3.05) is 26.7 Å². The Morgan fingerprint density at radius 2 is 2.26 bits per heavy atom. The van der Waals surface area contributed by atoms with E-state index in [1.54, 1.807) is 0 Å². The normalized spacial score (nSPS) is 20.4. The summed E-state index contributed by atoms with van der Waals surface area (Å²) in [6.45, 7) is 4.21. The van der Waals surface area contributed by atoms with Crippen LogP contribution in [0.3, 0.4) is 0 Å². The van der Waals surface area contributed by atoms with E-state index in [4.69, 9.17) is 16.0 Å². The Hall–Kier alpha value is -1.03. The lowest BCUT2D eigenvalue weighted by atomic mass is 10.1. The zero-order valence-electron chi connectivity index (χ0n) is 11.2. The highest BCUT2D eigenvalue weighted by Crippen LogP contribution is 2.29. The van der Waals surface area contributed by atoms with Crippen LogP contribution >= 0.6 is 11.6 Å². The Morgan fingerprint density at radius 1 is 1.42 bits per heavy atom. The van der Waals surface area contributed by atoms with Gasteiger partial charge in [0.2, 0.25) is 0 Å².